The molecule has 0 atom stereocenters. The van der Waals surface area contributed by atoms with E-state index in [0.29, 0.717) is 37.5 Å². The summed E-state index contributed by atoms with van der Waals surface area (Å²) in [5, 5.41) is 2.39. The van der Waals surface area contributed by atoms with Gasteiger partial charge in [0.1, 0.15) is 28.4 Å². The third-order valence-electron chi connectivity index (χ3n) is 13.0. The number of ether oxygens (including phenoxy) is 2. The number of benzene rings is 2. The highest BCUT2D eigenvalue weighted by Gasteiger charge is 2.42. The van der Waals surface area contributed by atoms with E-state index >= 15 is 0 Å². The zero-order chi connectivity index (χ0) is 40.2. The van der Waals surface area contributed by atoms with Crippen molar-refractivity contribution in [1.29, 1.82) is 0 Å². The molecular weight excluding hydrogens is 733 g/mol. The predicted molar refractivity (Wildman–Crippen MR) is 217 cm³/mol. The molecule has 0 bridgehead atoms. The van der Waals surface area contributed by atoms with Crippen LogP contribution in [0.1, 0.15) is 114 Å². The standard InChI is InChI=1S/C43H60O10Si2/c1-9-54(10-2,11-3)37-27-15-31(16-28-37)39(44)50-52-41(46)48-35-23-19-33(20-24-35)43(7,8)34-21-25-36(26-22-34)49-42(47)53-51-40(45)32-17-29-38(30-18-32)55(12-4,13-5)14-6/h9,12,15-18,27-30,33-36H,1,4,10-11,13-14,19-26H2,2-3,5-8H3. The van der Waals surface area contributed by atoms with Gasteiger partial charge in [-0.15, -0.1) is 13.2 Å². The molecule has 12 heteroatoms. The summed E-state index contributed by atoms with van der Waals surface area (Å²) in [4.78, 5) is 68.9. The van der Waals surface area contributed by atoms with Gasteiger partial charge in [-0.3, -0.25) is 0 Å². The second kappa shape index (κ2) is 19.6. The molecule has 0 heterocycles. The predicted octanol–water partition coefficient (Wildman–Crippen LogP) is 9.82. The van der Waals surface area contributed by atoms with Gasteiger partial charge in [0.2, 0.25) is 0 Å². The number of hydrogen-bond acceptors (Lipinski definition) is 10. The van der Waals surface area contributed by atoms with Gasteiger partial charge in [0.25, 0.3) is 0 Å². The maximum atomic E-state index is 12.5. The van der Waals surface area contributed by atoms with Gasteiger partial charge in [0.05, 0.1) is 11.1 Å². The number of rotatable bonds is 14. The summed E-state index contributed by atoms with van der Waals surface area (Å²) in [7, 11) is -3.59. The highest BCUT2D eigenvalue weighted by atomic mass is 28.3. The van der Waals surface area contributed by atoms with Crippen LogP contribution in [0.25, 0.3) is 0 Å². The number of carbonyl (C=O) groups excluding carboxylic acids is 4. The van der Waals surface area contributed by atoms with Crippen LogP contribution in [0.3, 0.4) is 0 Å². The summed E-state index contributed by atoms with van der Waals surface area (Å²) in [5.41, 5.74) is 4.76. The van der Waals surface area contributed by atoms with Gasteiger partial charge in [-0.05, 0) is 92.9 Å². The Balaban J connectivity index is 1.14. The molecule has 55 heavy (non-hydrogen) atoms. The monoisotopic (exact) mass is 792 g/mol. The molecule has 2 aromatic carbocycles. The van der Waals surface area contributed by atoms with E-state index in [1.165, 1.54) is 10.4 Å². The fourth-order valence-electron chi connectivity index (χ4n) is 8.74. The summed E-state index contributed by atoms with van der Waals surface area (Å²) in [6.07, 6.45) is 3.58. The average molecular weight is 793 g/mol. The van der Waals surface area contributed by atoms with Crippen molar-refractivity contribution in [2.75, 3.05) is 0 Å². The van der Waals surface area contributed by atoms with Crippen LogP contribution in [0.2, 0.25) is 24.2 Å². The van der Waals surface area contributed by atoms with E-state index in [0.717, 1.165) is 49.9 Å². The summed E-state index contributed by atoms with van der Waals surface area (Å²) in [6, 6.07) is 18.6. The van der Waals surface area contributed by atoms with Crippen LogP contribution in [0.4, 0.5) is 9.59 Å². The van der Waals surface area contributed by atoms with Gasteiger partial charge in [0, 0.05) is 0 Å². The van der Waals surface area contributed by atoms with Crippen molar-refractivity contribution < 1.29 is 48.2 Å². The molecule has 0 unspecified atom stereocenters. The minimum Gasteiger partial charge on any atom is -0.428 e. The van der Waals surface area contributed by atoms with Crippen LogP contribution < -0.4 is 10.4 Å². The van der Waals surface area contributed by atoms with Crippen molar-refractivity contribution in [2.45, 2.75) is 129 Å². The zero-order valence-corrected chi connectivity index (χ0v) is 35.6. The van der Waals surface area contributed by atoms with Gasteiger partial charge < -0.3 is 9.47 Å². The van der Waals surface area contributed by atoms with Crippen LogP contribution in [-0.2, 0) is 29.0 Å². The number of carbonyl (C=O) groups is 4. The molecule has 0 amide bonds. The van der Waals surface area contributed by atoms with Crippen molar-refractivity contribution >= 4 is 50.8 Å². The Hall–Kier alpha value is -4.17. The molecule has 4 rings (SSSR count). The van der Waals surface area contributed by atoms with E-state index in [4.69, 9.17) is 29.0 Å². The molecule has 10 nitrogen and oxygen atoms in total. The molecule has 2 saturated carbocycles. The first-order valence-electron chi connectivity index (χ1n) is 20.0. The smallest absolute Gasteiger partial charge is 0.428 e. The fraction of sp³-hybridized carbons (Fsp3) is 0.535. The molecule has 0 aromatic heterocycles. The van der Waals surface area contributed by atoms with Gasteiger partial charge in [-0.2, -0.15) is 9.59 Å². The number of hydrogen-bond donors (Lipinski definition) is 0. The molecule has 0 saturated heterocycles. The fourth-order valence-corrected chi connectivity index (χ4v) is 14.7. The normalized spacial score (nSPS) is 20.3. The topological polar surface area (TPSA) is 124 Å². The summed E-state index contributed by atoms with van der Waals surface area (Å²) < 4.78 is 11.0. The lowest BCUT2D eigenvalue weighted by atomic mass is 9.60. The van der Waals surface area contributed by atoms with Crippen molar-refractivity contribution in [3.05, 3.63) is 84.2 Å². The Labute approximate surface area is 328 Å². The first kappa shape index (κ1) is 43.6. The Kier molecular flexibility index (Phi) is 15.5. The second-order valence-electron chi connectivity index (χ2n) is 15.7. The molecule has 0 aliphatic heterocycles. The molecule has 2 aromatic rings. The molecule has 0 N–H and O–H groups in total. The van der Waals surface area contributed by atoms with E-state index in [-0.39, 0.29) is 28.7 Å². The first-order valence-corrected chi connectivity index (χ1v) is 25.0. The molecule has 0 radical (unpaired) electrons. The van der Waals surface area contributed by atoms with E-state index in [9.17, 15) is 19.2 Å². The van der Waals surface area contributed by atoms with E-state index in [2.05, 4.69) is 66.1 Å². The second-order valence-corrected chi connectivity index (χ2v) is 25.1. The quantitative estimate of drug-likeness (QED) is 0.0791. The first-order chi connectivity index (χ1) is 26.3. The zero-order valence-electron chi connectivity index (χ0n) is 33.6. The van der Waals surface area contributed by atoms with Gasteiger partial charge in [0.15, 0.2) is 0 Å². The van der Waals surface area contributed by atoms with Crippen molar-refractivity contribution in [3.63, 3.8) is 0 Å². The lowest BCUT2D eigenvalue weighted by Crippen LogP contribution is -2.44. The summed E-state index contributed by atoms with van der Waals surface area (Å²) in [6.45, 7) is 21.3. The van der Waals surface area contributed by atoms with Crippen molar-refractivity contribution in [2.24, 2.45) is 17.3 Å². The Morgan fingerprint density at radius 3 is 1.15 bits per heavy atom. The third kappa shape index (κ3) is 10.6. The molecule has 0 spiro atoms. The summed E-state index contributed by atoms with van der Waals surface area (Å²) >= 11 is 0. The minimum absolute atomic E-state index is 0.0251. The highest BCUT2D eigenvalue weighted by Crippen LogP contribution is 2.49. The third-order valence-corrected chi connectivity index (χ3v) is 22.6. The molecule has 300 valence electrons. The van der Waals surface area contributed by atoms with Gasteiger partial charge >= 0.3 is 24.2 Å². The van der Waals surface area contributed by atoms with E-state index in [1.807, 2.05) is 24.3 Å². The van der Waals surface area contributed by atoms with Crippen molar-refractivity contribution in [3.8, 4) is 0 Å². The SMILES string of the molecule is C=C[Si](CC)(CC)c1ccc(C(=O)OOC(=O)OC2CCC(C(C)(C)C3CCC(OC(=O)OOC(=O)c4ccc([Si](C=C)(CC)CC)cc4)CC3)CC2)cc1. The van der Waals surface area contributed by atoms with Crippen LogP contribution in [0, 0.1) is 17.3 Å². The lowest BCUT2D eigenvalue weighted by Gasteiger charge is -2.46. The largest absolute Gasteiger partial charge is 0.550 e. The van der Waals surface area contributed by atoms with Crippen LogP contribution in [0.5, 0.6) is 0 Å². The van der Waals surface area contributed by atoms with Crippen molar-refractivity contribution in [1.82, 2.24) is 0 Å². The van der Waals surface area contributed by atoms with Gasteiger partial charge in [-0.25, -0.2) is 29.1 Å². The minimum atomic E-state index is -1.80. The van der Waals surface area contributed by atoms with E-state index in [1.54, 1.807) is 24.3 Å². The van der Waals surface area contributed by atoms with Gasteiger partial charge in [-0.1, -0.05) is 112 Å². The Bertz CT molecular complexity index is 1490. The highest BCUT2D eigenvalue weighted by molar-refractivity contribution is 6.96. The average Bonchev–Trinajstić information content (AvgIpc) is 3.21. The molecular formula is C43H60O10Si2. The Morgan fingerprint density at radius 2 is 0.873 bits per heavy atom. The maximum Gasteiger partial charge on any atom is 0.550 e. The van der Waals surface area contributed by atoms with E-state index < -0.39 is 40.4 Å². The van der Waals surface area contributed by atoms with Crippen LogP contribution in [-0.4, -0.2) is 52.6 Å². The molecule has 2 aliphatic carbocycles. The lowest BCUT2D eigenvalue weighted by molar-refractivity contribution is -0.209. The Morgan fingerprint density at radius 1 is 0.564 bits per heavy atom. The summed E-state index contributed by atoms with van der Waals surface area (Å²) in [5.74, 6) is -0.669. The maximum absolute atomic E-state index is 12.5. The van der Waals surface area contributed by atoms with Crippen LogP contribution >= 0.6 is 0 Å². The molecule has 2 aliphatic rings. The molecule has 2 fully saturated rings. The van der Waals surface area contributed by atoms with Crippen LogP contribution in [0.15, 0.2) is 73.1 Å².